The van der Waals surface area contributed by atoms with Gasteiger partial charge in [0.05, 0.1) is 13.2 Å². The molecule has 3 nitrogen and oxygen atoms in total. The van der Waals surface area contributed by atoms with E-state index in [9.17, 15) is 8.78 Å². The Morgan fingerprint density at radius 3 is 2.42 bits per heavy atom. The summed E-state index contributed by atoms with van der Waals surface area (Å²) in [6.07, 6.45) is 0.997. The van der Waals surface area contributed by atoms with Crippen LogP contribution in [0.3, 0.4) is 0 Å². The largest absolute Gasteiger partial charge is 0.382 e. The zero-order valence-electron chi connectivity index (χ0n) is 11.4. The third-order valence-corrected chi connectivity index (χ3v) is 2.96. The van der Waals surface area contributed by atoms with Crippen molar-refractivity contribution in [3.63, 3.8) is 0 Å². The van der Waals surface area contributed by atoms with Gasteiger partial charge in [-0.2, -0.15) is 0 Å². The smallest absolute Gasteiger partial charge is 0.129 e. The molecule has 0 heterocycles. The zero-order chi connectivity index (χ0) is 14.1. The molecule has 0 aliphatic rings. The van der Waals surface area contributed by atoms with Crippen molar-refractivity contribution in [3.8, 4) is 0 Å². The summed E-state index contributed by atoms with van der Waals surface area (Å²) in [6, 6.07) is 3.91. The first-order chi connectivity index (χ1) is 9.19. The number of rotatable bonds is 9. The Kier molecular flexibility index (Phi) is 7.55. The molecule has 5 heteroatoms. The molecule has 1 N–H and O–H groups in total. The Morgan fingerprint density at radius 2 is 1.84 bits per heavy atom. The molecule has 1 unspecified atom stereocenters. The maximum Gasteiger partial charge on any atom is 0.129 e. The van der Waals surface area contributed by atoms with Crippen molar-refractivity contribution in [3.05, 3.63) is 35.4 Å². The van der Waals surface area contributed by atoms with Crippen LogP contribution in [0.4, 0.5) is 8.78 Å². The Hall–Kier alpha value is -1.04. The molecular formula is C14H21F2NO2. The second-order valence-corrected chi connectivity index (χ2v) is 4.28. The standard InChI is InChI=1S/C14H21F2NO2/c1-17-11(6-7-19-9-8-18-2)10-12-13(15)4-3-5-14(12)16/h3-5,11,17H,6-10H2,1-2H3. The summed E-state index contributed by atoms with van der Waals surface area (Å²) in [6.45, 7) is 1.61. The second kappa shape index (κ2) is 8.96. The van der Waals surface area contributed by atoms with Crippen LogP contribution in [0.1, 0.15) is 12.0 Å². The van der Waals surface area contributed by atoms with Crippen molar-refractivity contribution in [1.82, 2.24) is 5.32 Å². The highest BCUT2D eigenvalue weighted by Crippen LogP contribution is 2.15. The van der Waals surface area contributed by atoms with E-state index in [4.69, 9.17) is 9.47 Å². The maximum atomic E-state index is 13.5. The summed E-state index contributed by atoms with van der Waals surface area (Å²) in [5.74, 6) is -0.999. The van der Waals surface area contributed by atoms with Crippen molar-refractivity contribution in [2.75, 3.05) is 34.0 Å². The van der Waals surface area contributed by atoms with E-state index < -0.39 is 11.6 Å². The molecule has 0 bridgehead atoms. The molecule has 1 aromatic rings. The van der Waals surface area contributed by atoms with Gasteiger partial charge in [0.25, 0.3) is 0 Å². The molecule has 1 rings (SSSR count). The number of likely N-dealkylation sites (N-methyl/N-ethyl adjacent to an activating group) is 1. The summed E-state index contributed by atoms with van der Waals surface area (Å²) in [4.78, 5) is 0. The molecule has 0 saturated heterocycles. The minimum atomic E-state index is -0.499. The Labute approximate surface area is 112 Å². The second-order valence-electron chi connectivity index (χ2n) is 4.28. The summed E-state index contributed by atoms with van der Waals surface area (Å²) in [5.41, 5.74) is 0.124. The molecule has 1 atom stereocenters. The number of hydrogen-bond donors (Lipinski definition) is 1. The fourth-order valence-electron chi connectivity index (χ4n) is 1.79. The van der Waals surface area contributed by atoms with Gasteiger partial charge in [0.1, 0.15) is 11.6 Å². The zero-order valence-corrected chi connectivity index (χ0v) is 11.4. The third-order valence-electron chi connectivity index (χ3n) is 2.96. The number of hydrogen-bond acceptors (Lipinski definition) is 3. The highest BCUT2D eigenvalue weighted by molar-refractivity contribution is 5.20. The summed E-state index contributed by atoms with van der Waals surface area (Å²) < 4.78 is 37.3. The number of ether oxygens (including phenoxy) is 2. The lowest BCUT2D eigenvalue weighted by Crippen LogP contribution is -2.30. The lowest BCUT2D eigenvalue weighted by molar-refractivity contribution is 0.0660. The number of benzene rings is 1. The van der Waals surface area contributed by atoms with E-state index in [1.165, 1.54) is 18.2 Å². The average molecular weight is 273 g/mol. The maximum absolute atomic E-state index is 13.5. The van der Waals surface area contributed by atoms with E-state index in [0.29, 0.717) is 32.7 Å². The molecule has 0 fully saturated rings. The van der Waals surface area contributed by atoms with Crippen molar-refractivity contribution in [2.45, 2.75) is 18.9 Å². The van der Waals surface area contributed by atoms with Gasteiger partial charge in [-0.3, -0.25) is 0 Å². The van der Waals surface area contributed by atoms with Gasteiger partial charge in [-0.05, 0) is 32.0 Å². The van der Waals surface area contributed by atoms with Crippen molar-refractivity contribution >= 4 is 0 Å². The van der Waals surface area contributed by atoms with Gasteiger partial charge in [-0.1, -0.05) is 6.07 Å². The van der Waals surface area contributed by atoms with Crippen LogP contribution in [0.5, 0.6) is 0 Å². The number of halogens is 2. The quantitative estimate of drug-likeness (QED) is 0.699. The number of methoxy groups -OCH3 is 1. The van der Waals surface area contributed by atoms with E-state index in [0.717, 1.165) is 0 Å². The van der Waals surface area contributed by atoms with E-state index in [1.54, 1.807) is 14.2 Å². The topological polar surface area (TPSA) is 30.5 Å². The first-order valence-corrected chi connectivity index (χ1v) is 6.35. The van der Waals surface area contributed by atoms with Crippen molar-refractivity contribution < 1.29 is 18.3 Å². The molecule has 19 heavy (non-hydrogen) atoms. The Morgan fingerprint density at radius 1 is 1.16 bits per heavy atom. The molecule has 0 aliphatic carbocycles. The van der Waals surface area contributed by atoms with Gasteiger partial charge in [0, 0.05) is 25.3 Å². The normalized spacial score (nSPS) is 12.6. The first-order valence-electron chi connectivity index (χ1n) is 6.35. The molecule has 0 spiro atoms. The Bertz CT molecular complexity index is 354. The predicted molar refractivity (Wildman–Crippen MR) is 70.2 cm³/mol. The third kappa shape index (κ3) is 5.63. The fourth-order valence-corrected chi connectivity index (χ4v) is 1.79. The highest BCUT2D eigenvalue weighted by atomic mass is 19.1. The van der Waals surface area contributed by atoms with Crippen molar-refractivity contribution in [2.24, 2.45) is 0 Å². The van der Waals surface area contributed by atoms with Gasteiger partial charge in [-0.15, -0.1) is 0 Å². The molecule has 0 aliphatic heterocycles. The van der Waals surface area contributed by atoms with E-state index >= 15 is 0 Å². The summed E-state index contributed by atoms with van der Waals surface area (Å²) in [7, 11) is 3.39. The molecule has 1 aromatic carbocycles. The molecule has 0 radical (unpaired) electrons. The molecule has 0 saturated carbocycles. The van der Waals surface area contributed by atoms with Crippen LogP contribution in [0.15, 0.2) is 18.2 Å². The predicted octanol–water partition coefficient (Wildman–Crippen LogP) is 2.15. The van der Waals surface area contributed by atoms with Crippen molar-refractivity contribution in [1.29, 1.82) is 0 Å². The van der Waals surface area contributed by atoms with Gasteiger partial charge < -0.3 is 14.8 Å². The molecule has 108 valence electrons. The molecule has 0 aromatic heterocycles. The SMILES string of the molecule is CNC(CCOCCOC)Cc1c(F)cccc1F. The molecular weight excluding hydrogens is 252 g/mol. The van der Waals surface area contributed by atoms with E-state index in [2.05, 4.69) is 5.32 Å². The highest BCUT2D eigenvalue weighted by Gasteiger charge is 2.14. The van der Waals surface area contributed by atoms with Gasteiger partial charge in [0.2, 0.25) is 0 Å². The average Bonchev–Trinajstić information content (AvgIpc) is 2.40. The Balaban J connectivity index is 2.43. The minimum Gasteiger partial charge on any atom is -0.382 e. The summed E-state index contributed by atoms with van der Waals surface area (Å²) >= 11 is 0. The fraction of sp³-hybridized carbons (Fsp3) is 0.571. The van der Waals surface area contributed by atoms with Gasteiger partial charge in [-0.25, -0.2) is 8.78 Å². The van der Waals surface area contributed by atoms with Crippen LogP contribution in [0, 0.1) is 11.6 Å². The monoisotopic (exact) mass is 273 g/mol. The minimum absolute atomic E-state index is 0.0195. The lowest BCUT2D eigenvalue weighted by atomic mass is 10.0. The van der Waals surface area contributed by atoms with Crippen LogP contribution in [0.25, 0.3) is 0 Å². The van der Waals surface area contributed by atoms with Crippen LogP contribution >= 0.6 is 0 Å². The summed E-state index contributed by atoms with van der Waals surface area (Å²) in [5, 5.41) is 3.05. The number of nitrogens with one attached hydrogen (secondary N) is 1. The van der Waals surface area contributed by atoms with Crippen LogP contribution < -0.4 is 5.32 Å². The van der Waals surface area contributed by atoms with E-state index in [-0.39, 0.29) is 11.6 Å². The van der Waals surface area contributed by atoms with Gasteiger partial charge >= 0.3 is 0 Å². The van der Waals surface area contributed by atoms with Crippen LogP contribution in [-0.2, 0) is 15.9 Å². The van der Waals surface area contributed by atoms with Crippen LogP contribution in [-0.4, -0.2) is 40.0 Å². The lowest BCUT2D eigenvalue weighted by Gasteiger charge is -2.17. The van der Waals surface area contributed by atoms with Gasteiger partial charge in [0.15, 0.2) is 0 Å². The first kappa shape index (κ1) is 16.0. The van der Waals surface area contributed by atoms with Crippen LogP contribution in [0.2, 0.25) is 0 Å². The molecule has 0 amide bonds. The van der Waals surface area contributed by atoms with E-state index in [1.807, 2.05) is 0 Å².